The van der Waals surface area contributed by atoms with Gasteiger partial charge in [-0.3, -0.25) is 4.79 Å². The van der Waals surface area contributed by atoms with Crippen molar-refractivity contribution < 1.29 is 14.1 Å². The Morgan fingerprint density at radius 2 is 1.68 bits per heavy atom. The van der Waals surface area contributed by atoms with E-state index in [1.165, 1.54) is 0 Å². The van der Waals surface area contributed by atoms with Gasteiger partial charge in [0, 0.05) is 12.0 Å². The molecule has 1 aliphatic heterocycles. The SMILES string of the molecule is CON=C1C[C@H](CO[Si](C)(C)C(C)(C)C)N(C(=O)c2ccc(-c3ccccc3)cc2)C1. The number of carbonyl (C=O) groups is 1. The summed E-state index contributed by atoms with van der Waals surface area (Å²) < 4.78 is 6.45. The zero-order valence-corrected chi connectivity index (χ0v) is 20.5. The van der Waals surface area contributed by atoms with Crippen LogP contribution < -0.4 is 0 Å². The van der Waals surface area contributed by atoms with Crippen LogP contribution in [0.25, 0.3) is 11.1 Å². The summed E-state index contributed by atoms with van der Waals surface area (Å²) >= 11 is 0. The van der Waals surface area contributed by atoms with Crippen LogP contribution in [-0.4, -0.2) is 51.1 Å². The lowest BCUT2D eigenvalue weighted by Gasteiger charge is -2.37. The Balaban J connectivity index is 1.77. The largest absolute Gasteiger partial charge is 0.415 e. The molecule has 0 aliphatic carbocycles. The Morgan fingerprint density at radius 3 is 2.26 bits per heavy atom. The molecule has 166 valence electrons. The number of amides is 1. The fourth-order valence-electron chi connectivity index (χ4n) is 3.48. The fraction of sp³-hybridized carbons (Fsp3) is 0.440. The first kappa shape index (κ1) is 23.2. The Bertz CT molecular complexity index is 918. The van der Waals surface area contributed by atoms with Crippen LogP contribution in [0.1, 0.15) is 37.6 Å². The molecule has 0 saturated carbocycles. The quantitative estimate of drug-likeness (QED) is 0.436. The Hall–Kier alpha value is -2.44. The molecule has 0 radical (unpaired) electrons. The summed E-state index contributed by atoms with van der Waals surface area (Å²) in [6.45, 7) is 12.1. The van der Waals surface area contributed by atoms with Crippen LogP contribution in [0.15, 0.2) is 59.8 Å². The number of oxime groups is 1. The van der Waals surface area contributed by atoms with Crippen LogP contribution in [0.5, 0.6) is 0 Å². The monoisotopic (exact) mass is 438 g/mol. The first-order chi connectivity index (χ1) is 14.6. The number of hydrogen-bond acceptors (Lipinski definition) is 4. The van der Waals surface area contributed by atoms with Crippen molar-refractivity contribution in [2.75, 3.05) is 20.3 Å². The van der Waals surface area contributed by atoms with Crippen LogP contribution in [0, 0.1) is 0 Å². The second-order valence-electron chi connectivity index (χ2n) is 9.65. The highest BCUT2D eigenvalue weighted by atomic mass is 28.4. The third-order valence-electron chi connectivity index (χ3n) is 6.43. The van der Waals surface area contributed by atoms with E-state index >= 15 is 0 Å². The summed E-state index contributed by atoms with van der Waals surface area (Å²) in [5.74, 6) is 0.00439. The van der Waals surface area contributed by atoms with Gasteiger partial charge in [-0.1, -0.05) is 68.4 Å². The highest BCUT2D eigenvalue weighted by Crippen LogP contribution is 2.37. The molecule has 1 aliphatic rings. The van der Waals surface area contributed by atoms with E-state index in [4.69, 9.17) is 9.26 Å². The van der Waals surface area contributed by atoms with E-state index < -0.39 is 8.32 Å². The van der Waals surface area contributed by atoms with Gasteiger partial charge in [-0.15, -0.1) is 0 Å². The Labute approximate surface area is 187 Å². The molecule has 0 N–H and O–H groups in total. The molecule has 31 heavy (non-hydrogen) atoms. The molecule has 0 bridgehead atoms. The number of hydrogen-bond donors (Lipinski definition) is 0. The van der Waals surface area contributed by atoms with Crippen LogP contribution >= 0.6 is 0 Å². The number of rotatable bonds is 6. The van der Waals surface area contributed by atoms with E-state index in [9.17, 15) is 4.79 Å². The van der Waals surface area contributed by atoms with Gasteiger partial charge >= 0.3 is 0 Å². The minimum Gasteiger partial charge on any atom is -0.415 e. The average Bonchev–Trinajstić information content (AvgIpc) is 3.15. The summed E-state index contributed by atoms with van der Waals surface area (Å²) in [6.07, 6.45) is 0.677. The van der Waals surface area contributed by atoms with Gasteiger partial charge in [0.2, 0.25) is 0 Å². The molecule has 1 amide bonds. The topological polar surface area (TPSA) is 51.1 Å². The van der Waals surface area contributed by atoms with Crippen molar-refractivity contribution in [1.82, 2.24) is 4.90 Å². The van der Waals surface area contributed by atoms with Gasteiger partial charge in [-0.05, 0) is 41.4 Å². The zero-order valence-electron chi connectivity index (χ0n) is 19.5. The average molecular weight is 439 g/mol. The van der Waals surface area contributed by atoms with Gasteiger partial charge in [-0.25, -0.2) is 0 Å². The first-order valence-corrected chi connectivity index (χ1v) is 13.7. The summed E-state index contributed by atoms with van der Waals surface area (Å²) in [5.41, 5.74) is 3.78. The van der Waals surface area contributed by atoms with Gasteiger partial charge in [0.25, 0.3) is 5.91 Å². The van der Waals surface area contributed by atoms with E-state index in [1.807, 2.05) is 47.4 Å². The molecule has 5 nitrogen and oxygen atoms in total. The second-order valence-corrected chi connectivity index (χ2v) is 14.5. The minimum absolute atomic E-state index is 0.00439. The molecule has 2 aromatic carbocycles. The fourth-order valence-corrected chi connectivity index (χ4v) is 4.52. The van der Waals surface area contributed by atoms with Gasteiger partial charge in [0.05, 0.1) is 24.9 Å². The van der Waals surface area contributed by atoms with Crippen LogP contribution in [0.3, 0.4) is 0 Å². The van der Waals surface area contributed by atoms with Crippen LogP contribution in [-0.2, 0) is 9.26 Å². The standard InChI is InChI=1S/C25H34N2O3Si/c1-25(2,3)31(5,6)30-18-23-16-22(26-29-4)17-27(23)24(28)21-14-12-20(13-15-21)19-10-8-7-9-11-19/h7-15,23H,16-18H2,1-6H3/t23-/m1/s1. The number of carbonyl (C=O) groups excluding carboxylic acids is 1. The maximum atomic E-state index is 13.4. The van der Waals surface area contributed by atoms with Crippen molar-refractivity contribution in [2.45, 2.75) is 51.4 Å². The minimum atomic E-state index is -1.91. The van der Waals surface area contributed by atoms with Crippen molar-refractivity contribution in [1.29, 1.82) is 0 Å². The smallest absolute Gasteiger partial charge is 0.254 e. The van der Waals surface area contributed by atoms with Gasteiger partial charge in [0.15, 0.2) is 8.32 Å². The molecule has 6 heteroatoms. The van der Waals surface area contributed by atoms with E-state index in [1.54, 1.807) is 7.11 Å². The van der Waals surface area contributed by atoms with Crippen molar-refractivity contribution in [3.05, 3.63) is 60.2 Å². The molecular weight excluding hydrogens is 404 g/mol. The molecule has 0 spiro atoms. The first-order valence-electron chi connectivity index (χ1n) is 10.8. The van der Waals surface area contributed by atoms with Crippen LogP contribution in [0.4, 0.5) is 0 Å². The van der Waals surface area contributed by atoms with E-state index in [-0.39, 0.29) is 17.0 Å². The molecular formula is C25H34N2O3Si. The molecule has 0 aromatic heterocycles. The maximum Gasteiger partial charge on any atom is 0.254 e. The van der Waals surface area contributed by atoms with Crippen molar-refractivity contribution >= 4 is 19.9 Å². The molecule has 1 saturated heterocycles. The number of nitrogens with zero attached hydrogens (tertiary/aromatic N) is 2. The lowest BCUT2D eigenvalue weighted by Crippen LogP contribution is -2.46. The highest BCUT2D eigenvalue weighted by Gasteiger charge is 2.40. The molecule has 3 rings (SSSR count). The predicted molar refractivity (Wildman–Crippen MR) is 129 cm³/mol. The summed E-state index contributed by atoms with van der Waals surface area (Å²) in [6, 6.07) is 17.9. The number of likely N-dealkylation sites (tertiary alicyclic amines) is 1. The Kier molecular flexibility index (Phi) is 7.02. The predicted octanol–water partition coefficient (Wildman–Crippen LogP) is 5.59. The van der Waals surface area contributed by atoms with Crippen molar-refractivity contribution in [3.8, 4) is 11.1 Å². The number of benzene rings is 2. The molecule has 1 fully saturated rings. The zero-order chi connectivity index (χ0) is 22.6. The van der Waals surface area contributed by atoms with E-state index in [2.05, 4.69) is 51.2 Å². The highest BCUT2D eigenvalue weighted by molar-refractivity contribution is 6.74. The summed E-state index contributed by atoms with van der Waals surface area (Å²) in [5, 5.41) is 4.25. The molecule has 2 aromatic rings. The lowest BCUT2D eigenvalue weighted by molar-refractivity contribution is 0.0686. The molecule has 1 heterocycles. The van der Waals surface area contributed by atoms with Gasteiger partial charge < -0.3 is 14.2 Å². The Morgan fingerprint density at radius 1 is 1.06 bits per heavy atom. The molecule has 1 atom stereocenters. The van der Waals surface area contributed by atoms with E-state index in [0.29, 0.717) is 25.1 Å². The van der Waals surface area contributed by atoms with E-state index in [0.717, 1.165) is 16.8 Å². The third-order valence-corrected chi connectivity index (χ3v) is 10.9. The lowest BCUT2D eigenvalue weighted by atomic mass is 10.0. The van der Waals surface area contributed by atoms with Gasteiger partial charge in [0.1, 0.15) is 7.11 Å². The van der Waals surface area contributed by atoms with Crippen LogP contribution in [0.2, 0.25) is 18.1 Å². The maximum absolute atomic E-state index is 13.4. The van der Waals surface area contributed by atoms with Crippen molar-refractivity contribution in [2.24, 2.45) is 5.16 Å². The van der Waals surface area contributed by atoms with Gasteiger partial charge in [-0.2, -0.15) is 0 Å². The summed E-state index contributed by atoms with van der Waals surface area (Å²) in [7, 11) is -0.368. The third kappa shape index (κ3) is 5.43. The normalized spacial score (nSPS) is 18.5. The molecule has 0 unspecified atom stereocenters. The second kappa shape index (κ2) is 9.36. The van der Waals surface area contributed by atoms with Crippen molar-refractivity contribution in [3.63, 3.8) is 0 Å². The summed E-state index contributed by atoms with van der Waals surface area (Å²) in [4.78, 5) is 20.2.